The van der Waals surface area contributed by atoms with Crippen LogP contribution < -0.4 is 5.73 Å². The second-order valence-corrected chi connectivity index (χ2v) is 3.96. The van der Waals surface area contributed by atoms with Gasteiger partial charge in [-0.15, -0.1) is 0 Å². The molecule has 0 saturated carbocycles. The van der Waals surface area contributed by atoms with Gasteiger partial charge < -0.3 is 5.73 Å². The van der Waals surface area contributed by atoms with Gasteiger partial charge in [-0.3, -0.25) is 14.9 Å². The Bertz CT molecular complexity index is 546. The zero-order valence-corrected chi connectivity index (χ0v) is 10.1. The number of amides is 1. The van der Waals surface area contributed by atoms with Crippen molar-refractivity contribution in [3.05, 3.63) is 38.9 Å². The lowest BCUT2D eigenvalue weighted by atomic mass is 9.89. The summed E-state index contributed by atoms with van der Waals surface area (Å²) in [6.07, 6.45) is 0.378. The molecule has 0 aliphatic carbocycles. The zero-order chi connectivity index (χ0) is 13.9. The molecule has 0 fully saturated rings. The van der Waals surface area contributed by atoms with Crippen molar-refractivity contribution in [1.82, 2.24) is 0 Å². The first-order valence-corrected chi connectivity index (χ1v) is 5.40. The Morgan fingerprint density at radius 3 is 2.61 bits per heavy atom. The lowest BCUT2D eigenvalue weighted by molar-refractivity contribution is -0.385. The maximum absolute atomic E-state index is 11.3. The number of carbonyl (C=O) groups excluding carboxylic acids is 1. The van der Waals surface area contributed by atoms with E-state index in [2.05, 4.69) is 0 Å². The Balaban J connectivity index is 3.56. The molecule has 1 unspecified atom stereocenters. The highest BCUT2D eigenvalue weighted by atomic mass is 16.6. The molecule has 0 heterocycles. The van der Waals surface area contributed by atoms with E-state index in [-0.39, 0.29) is 11.3 Å². The molecular weight excluding hydrogens is 234 g/mol. The van der Waals surface area contributed by atoms with Gasteiger partial charge in [0.05, 0.1) is 22.5 Å². The molecule has 0 saturated heterocycles. The minimum atomic E-state index is -0.710. The molecule has 2 N–H and O–H groups in total. The van der Waals surface area contributed by atoms with Crippen LogP contribution in [0.1, 0.15) is 36.0 Å². The molecule has 1 rings (SSSR count). The third-order valence-electron chi connectivity index (χ3n) is 2.79. The molecule has 6 heteroatoms. The van der Waals surface area contributed by atoms with Crippen LogP contribution >= 0.6 is 0 Å². The average molecular weight is 247 g/mol. The van der Waals surface area contributed by atoms with Crippen molar-refractivity contribution in [1.29, 1.82) is 5.26 Å². The van der Waals surface area contributed by atoms with Crippen molar-refractivity contribution < 1.29 is 9.72 Å². The first-order chi connectivity index (χ1) is 8.42. The van der Waals surface area contributed by atoms with Crippen molar-refractivity contribution >= 4 is 11.6 Å². The van der Waals surface area contributed by atoms with Gasteiger partial charge in [-0.05, 0) is 25.0 Å². The van der Waals surface area contributed by atoms with Crippen LogP contribution in [-0.4, -0.2) is 10.8 Å². The van der Waals surface area contributed by atoms with Gasteiger partial charge in [0.1, 0.15) is 0 Å². The molecule has 0 aliphatic rings. The average Bonchev–Trinajstić information content (AvgIpc) is 2.30. The number of benzene rings is 1. The van der Waals surface area contributed by atoms with Gasteiger partial charge in [-0.25, -0.2) is 0 Å². The van der Waals surface area contributed by atoms with Crippen LogP contribution in [0.2, 0.25) is 0 Å². The lowest BCUT2D eigenvalue weighted by Gasteiger charge is -2.14. The monoisotopic (exact) mass is 247 g/mol. The van der Waals surface area contributed by atoms with E-state index in [1.54, 1.807) is 13.8 Å². The normalized spacial score (nSPS) is 11.6. The molecule has 1 aromatic carbocycles. The fourth-order valence-corrected chi connectivity index (χ4v) is 2.00. The highest BCUT2D eigenvalue weighted by Crippen LogP contribution is 2.32. The van der Waals surface area contributed by atoms with Crippen LogP contribution in [-0.2, 0) is 4.79 Å². The second kappa shape index (κ2) is 5.27. The van der Waals surface area contributed by atoms with Crippen molar-refractivity contribution in [3.63, 3.8) is 0 Å². The molecule has 1 atom stereocenters. The molecule has 0 radical (unpaired) electrons. The number of rotatable bonds is 4. The van der Waals surface area contributed by atoms with Gasteiger partial charge in [-0.1, -0.05) is 6.92 Å². The Morgan fingerprint density at radius 1 is 1.61 bits per heavy atom. The van der Waals surface area contributed by atoms with Crippen molar-refractivity contribution in [2.75, 3.05) is 0 Å². The smallest absolute Gasteiger partial charge is 0.274 e. The van der Waals surface area contributed by atoms with Crippen molar-refractivity contribution in [2.24, 2.45) is 5.73 Å². The molecule has 18 heavy (non-hydrogen) atoms. The van der Waals surface area contributed by atoms with Crippen LogP contribution in [0.25, 0.3) is 0 Å². The summed E-state index contributed by atoms with van der Waals surface area (Å²) in [6, 6.07) is 4.55. The van der Waals surface area contributed by atoms with E-state index < -0.39 is 16.7 Å². The highest BCUT2D eigenvalue weighted by Gasteiger charge is 2.27. The van der Waals surface area contributed by atoms with Gasteiger partial charge in [0.25, 0.3) is 5.69 Å². The summed E-state index contributed by atoms with van der Waals surface area (Å²) in [6.45, 7) is 3.37. The molecular formula is C12H13N3O3. The SMILES string of the molecule is CCC(C(N)=O)c1c(C)cc(C#N)cc1[N+](=O)[O-]. The van der Waals surface area contributed by atoms with Crippen molar-refractivity contribution in [2.45, 2.75) is 26.2 Å². The largest absolute Gasteiger partial charge is 0.369 e. The summed E-state index contributed by atoms with van der Waals surface area (Å²) in [5, 5.41) is 19.8. The number of nitrogens with two attached hydrogens (primary N) is 1. The molecule has 1 aromatic rings. The number of nitro benzene ring substituents is 1. The summed E-state index contributed by atoms with van der Waals surface area (Å²) in [7, 11) is 0. The van der Waals surface area contributed by atoms with E-state index >= 15 is 0 Å². The Morgan fingerprint density at radius 2 is 2.22 bits per heavy atom. The van der Waals surface area contributed by atoms with E-state index in [4.69, 9.17) is 11.0 Å². The first-order valence-electron chi connectivity index (χ1n) is 5.40. The summed E-state index contributed by atoms with van der Waals surface area (Å²) in [5.74, 6) is -1.31. The maximum atomic E-state index is 11.3. The Hall–Kier alpha value is -2.42. The minimum Gasteiger partial charge on any atom is -0.369 e. The summed E-state index contributed by atoms with van der Waals surface area (Å²) in [4.78, 5) is 21.8. The number of nitro groups is 1. The van der Waals surface area contributed by atoms with Gasteiger partial charge >= 0.3 is 0 Å². The predicted octanol–water partition coefficient (Wildman–Crippen LogP) is 1.75. The third-order valence-corrected chi connectivity index (χ3v) is 2.79. The first kappa shape index (κ1) is 13.6. The van der Waals surface area contributed by atoms with E-state index in [0.29, 0.717) is 17.5 Å². The van der Waals surface area contributed by atoms with Gasteiger partial charge in [0.2, 0.25) is 5.91 Å². The quantitative estimate of drug-likeness (QED) is 0.645. The van der Waals surface area contributed by atoms with E-state index in [1.807, 2.05) is 6.07 Å². The standard InChI is InChI=1S/C12H13N3O3/c1-3-9(12(14)16)11-7(2)4-8(6-13)5-10(11)15(17)18/h4-5,9H,3H2,1-2H3,(H2,14,16). The van der Waals surface area contributed by atoms with E-state index in [0.717, 1.165) is 0 Å². The van der Waals surface area contributed by atoms with E-state index in [9.17, 15) is 14.9 Å². The molecule has 6 nitrogen and oxygen atoms in total. The minimum absolute atomic E-state index is 0.197. The number of hydrogen-bond acceptors (Lipinski definition) is 4. The molecule has 0 bridgehead atoms. The maximum Gasteiger partial charge on any atom is 0.274 e. The Labute approximate surface area is 104 Å². The number of hydrogen-bond donors (Lipinski definition) is 1. The molecule has 0 aromatic heterocycles. The fraction of sp³-hybridized carbons (Fsp3) is 0.333. The number of nitriles is 1. The van der Waals surface area contributed by atoms with Crippen LogP contribution in [0.3, 0.4) is 0 Å². The predicted molar refractivity (Wildman–Crippen MR) is 64.8 cm³/mol. The number of carbonyl (C=O) groups is 1. The molecule has 0 aliphatic heterocycles. The van der Waals surface area contributed by atoms with Crippen LogP contribution in [0.5, 0.6) is 0 Å². The Kier molecular flexibility index (Phi) is 4.00. The van der Waals surface area contributed by atoms with Crippen LogP contribution in [0.15, 0.2) is 12.1 Å². The van der Waals surface area contributed by atoms with Gasteiger partial charge in [0.15, 0.2) is 0 Å². The summed E-state index contributed by atoms with van der Waals surface area (Å²) >= 11 is 0. The lowest BCUT2D eigenvalue weighted by Crippen LogP contribution is -2.22. The van der Waals surface area contributed by atoms with Crippen LogP contribution in [0, 0.1) is 28.4 Å². The number of nitrogens with zero attached hydrogens (tertiary/aromatic N) is 2. The van der Waals surface area contributed by atoms with Crippen LogP contribution in [0.4, 0.5) is 5.69 Å². The molecule has 0 spiro atoms. The highest BCUT2D eigenvalue weighted by molar-refractivity contribution is 5.84. The summed E-state index contributed by atoms with van der Waals surface area (Å²) < 4.78 is 0. The second-order valence-electron chi connectivity index (χ2n) is 3.96. The van der Waals surface area contributed by atoms with Gasteiger partial charge in [-0.2, -0.15) is 5.26 Å². The number of primary amides is 1. The molecule has 1 amide bonds. The molecule has 94 valence electrons. The third kappa shape index (κ3) is 2.46. The fourth-order valence-electron chi connectivity index (χ4n) is 2.00. The summed E-state index contributed by atoms with van der Waals surface area (Å²) in [5.41, 5.74) is 6.07. The van der Waals surface area contributed by atoms with Crippen molar-refractivity contribution in [3.8, 4) is 6.07 Å². The van der Waals surface area contributed by atoms with E-state index in [1.165, 1.54) is 12.1 Å². The number of aryl methyl sites for hydroxylation is 1. The zero-order valence-electron chi connectivity index (χ0n) is 10.1. The van der Waals surface area contributed by atoms with Gasteiger partial charge in [0, 0.05) is 11.6 Å². The topological polar surface area (TPSA) is 110 Å².